The lowest BCUT2D eigenvalue weighted by atomic mass is 10.0. The minimum atomic E-state index is -3.75. The highest BCUT2D eigenvalue weighted by Gasteiger charge is 2.42. The van der Waals surface area contributed by atoms with Crippen LogP contribution in [0.1, 0.15) is 54.5 Å². The van der Waals surface area contributed by atoms with Gasteiger partial charge in [-0.15, -0.1) is 0 Å². The summed E-state index contributed by atoms with van der Waals surface area (Å²) in [5.74, 6) is 0.733. The Hall–Kier alpha value is -4.06. The second kappa shape index (κ2) is 15.4. The molecule has 12 nitrogen and oxygen atoms in total. The zero-order valence-electron chi connectivity index (χ0n) is 26.8. The van der Waals surface area contributed by atoms with Gasteiger partial charge in [0.15, 0.2) is 0 Å². The average molecular weight is 691 g/mol. The fourth-order valence-corrected chi connectivity index (χ4v) is 10.1. The van der Waals surface area contributed by atoms with Gasteiger partial charge in [-0.3, -0.25) is 4.79 Å². The zero-order valence-corrected chi connectivity index (χ0v) is 28.4. The van der Waals surface area contributed by atoms with Gasteiger partial charge in [-0.05, 0) is 55.0 Å². The maximum absolute atomic E-state index is 14.1. The molecular weight excluding hydrogens is 649 g/mol. The summed E-state index contributed by atoms with van der Waals surface area (Å²) in [6.07, 6.45) is 7.18. The van der Waals surface area contributed by atoms with Crippen LogP contribution in [0.15, 0.2) is 61.1 Å². The highest BCUT2D eigenvalue weighted by Crippen LogP contribution is 2.34. The van der Waals surface area contributed by atoms with Crippen LogP contribution in [0.3, 0.4) is 0 Å². The summed E-state index contributed by atoms with van der Waals surface area (Å²) in [7, 11) is -3.75. The van der Waals surface area contributed by atoms with E-state index in [1.165, 1.54) is 0 Å². The van der Waals surface area contributed by atoms with Crippen molar-refractivity contribution in [2.45, 2.75) is 75.0 Å². The van der Waals surface area contributed by atoms with Crippen molar-refractivity contribution < 1.29 is 18.0 Å². The van der Waals surface area contributed by atoms with Crippen molar-refractivity contribution in [3.8, 4) is 6.07 Å². The van der Waals surface area contributed by atoms with Gasteiger partial charge in [0.1, 0.15) is 0 Å². The van der Waals surface area contributed by atoms with Crippen LogP contribution in [0.25, 0.3) is 0 Å². The van der Waals surface area contributed by atoms with Gasteiger partial charge < -0.3 is 25.8 Å². The number of amides is 3. The summed E-state index contributed by atoms with van der Waals surface area (Å²) in [5.41, 5.74) is 4.09. The first kappa shape index (κ1) is 33.8. The van der Waals surface area contributed by atoms with Crippen molar-refractivity contribution >= 4 is 39.4 Å². The van der Waals surface area contributed by atoms with Crippen molar-refractivity contribution in [1.82, 2.24) is 30.2 Å². The minimum Gasteiger partial charge on any atom is -0.364 e. The van der Waals surface area contributed by atoms with Gasteiger partial charge in [-0.25, -0.2) is 18.2 Å². The van der Waals surface area contributed by atoms with Gasteiger partial charge in [0.25, 0.3) is 0 Å². The summed E-state index contributed by atoms with van der Waals surface area (Å²) >= 11 is 1.87. The van der Waals surface area contributed by atoms with E-state index >= 15 is 0 Å². The van der Waals surface area contributed by atoms with Crippen LogP contribution in [-0.4, -0.2) is 82.6 Å². The Morgan fingerprint density at radius 2 is 1.98 bits per heavy atom. The molecule has 14 heteroatoms. The van der Waals surface area contributed by atoms with Crippen molar-refractivity contribution in [3.63, 3.8) is 0 Å². The van der Waals surface area contributed by atoms with Gasteiger partial charge in [0.2, 0.25) is 15.9 Å². The molecule has 4 heterocycles. The SMILES string of the molecule is N#Cc1ccc2c(c1)CN(S(=O)(=O)CCCNC(=O)CCCCC1SCC3NC(=O)NC31)[C@H](Cc1ccccc1)CN2Cc1cnc[nH]1. The lowest BCUT2D eigenvalue weighted by molar-refractivity contribution is -0.121. The fourth-order valence-electron chi connectivity index (χ4n) is 6.90. The predicted octanol–water partition coefficient (Wildman–Crippen LogP) is 3.28. The lowest BCUT2D eigenvalue weighted by Crippen LogP contribution is -2.46. The number of nitrogens with zero attached hydrogens (tertiary/aromatic N) is 4. The largest absolute Gasteiger partial charge is 0.364 e. The molecule has 3 aliphatic rings. The molecule has 3 amide bonds. The third kappa shape index (κ3) is 8.32. The molecule has 3 aromatic rings. The molecule has 2 aromatic carbocycles. The summed E-state index contributed by atoms with van der Waals surface area (Å²) in [6, 6.07) is 17.4. The number of carbonyl (C=O) groups is 2. The molecule has 4 N–H and O–H groups in total. The quantitative estimate of drug-likeness (QED) is 0.148. The number of nitrogens with one attached hydrogen (secondary N) is 4. The van der Waals surface area contributed by atoms with E-state index in [2.05, 4.69) is 36.9 Å². The second-order valence-electron chi connectivity index (χ2n) is 12.7. The van der Waals surface area contributed by atoms with Gasteiger partial charge in [0.05, 0.1) is 48.0 Å². The van der Waals surface area contributed by atoms with Crippen LogP contribution in [-0.2, 0) is 34.3 Å². The van der Waals surface area contributed by atoms with Crippen molar-refractivity contribution in [3.05, 3.63) is 83.4 Å². The van der Waals surface area contributed by atoms with Crippen LogP contribution in [0, 0.1) is 11.3 Å². The fraction of sp³-hybridized carbons (Fsp3) is 0.471. The molecule has 0 spiro atoms. The number of urea groups is 1. The van der Waals surface area contributed by atoms with Crippen LogP contribution in [0.4, 0.5) is 10.5 Å². The van der Waals surface area contributed by atoms with Crippen LogP contribution in [0.2, 0.25) is 0 Å². The van der Waals surface area contributed by atoms with E-state index in [9.17, 15) is 23.3 Å². The molecule has 2 saturated heterocycles. The second-order valence-corrected chi connectivity index (χ2v) is 16.0. The first-order valence-electron chi connectivity index (χ1n) is 16.5. The number of aromatic nitrogens is 2. The van der Waals surface area contributed by atoms with E-state index in [1.54, 1.807) is 29.0 Å². The van der Waals surface area contributed by atoms with Crippen molar-refractivity contribution in [2.75, 3.05) is 29.5 Å². The summed E-state index contributed by atoms with van der Waals surface area (Å²) in [4.78, 5) is 33.7. The van der Waals surface area contributed by atoms with Crippen LogP contribution in [0.5, 0.6) is 0 Å². The zero-order chi connectivity index (χ0) is 33.5. The van der Waals surface area contributed by atoms with Gasteiger partial charge in [-0.1, -0.05) is 36.8 Å². The Bertz CT molecular complexity index is 1710. The van der Waals surface area contributed by atoms with E-state index < -0.39 is 10.0 Å². The van der Waals surface area contributed by atoms with E-state index in [1.807, 2.05) is 48.2 Å². The normalized spacial score (nSPS) is 22.2. The number of imidazole rings is 1. The first-order valence-corrected chi connectivity index (χ1v) is 19.2. The standard InChI is InChI=1S/C34H42N8O4S2/c35-17-25-11-12-30-26(15-25)19-42(28(16-24-7-2-1-3-8-24)21-41(30)20-27-18-36-23-38-27)48(45,46)14-6-13-37-32(43)10-5-4-9-31-33-29(22-47-31)39-34(44)40-33/h1-3,7-8,11-12,15,18,23,28-29,31,33H,4-6,9-10,13-14,16,19-22H2,(H,36,38)(H,37,43)(H2,39,40,44)/t28-,29?,31?,33?/m1/s1. The highest BCUT2D eigenvalue weighted by atomic mass is 32.2. The molecular formula is C34H42N8O4S2. The number of benzene rings is 2. The molecule has 0 bridgehead atoms. The Morgan fingerprint density at radius 1 is 1.12 bits per heavy atom. The number of hydrogen-bond acceptors (Lipinski definition) is 8. The van der Waals surface area contributed by atoms with Crippen LogP contribution < -0.4 is 20.9 Å². The smallest absolute Gasteiger partial charge is 0.315 e. The number of unbranched alkanes of at least 4 members (excludes halogenated alkanes) is 1. The Labute approximate surface area is 286 Å². The maximum Gasteiger partial charge on any atom is 0.315 e. The number of nitriles is 1. The van der Waals surface area contributed by atoms with Crippen molar-refractivity contribution in [1.29, 1.82) is 5.26 Å². The maximum atomic E-state index is 14.1. The molecule has 3 unspecified atom stereocenters. The molecule has 2 fully saturated rings. The highest BCUT2D eigenvalue weighted by molar-refractivity contribution is 8.00. The van der Waals surface area contributed by atoms with Crippen molar-refractivity contribution in [2.24, 2.45) is 0 Å². The predicted molar refractivity (Wildman–Crippen MR) is 186 cm³/mol. The number of anilines is 1. The topological polar surface area (TPSA) is 163 Å². The summed E-state index contributed by atoms with van der Waals surface area (Å²) < 4.78 is 29.8. The lowest BCUT2D eigenvalue weighted by Gasteiger charge is -2.32. The molecule has 0 aliphatic carbocycles. The Kier molecular flexibility index (Phi) is 10.9. The molecule has 3 aliphatic heterocycles. The van der Waals surface area contributed by atoms with E-state index in [4.69, 9.17) is 0 Å². The van der Waals surface area contributed by atoms with Gasteiger partial charge in [-0.2, -0.15) is 21.3 Å². The Morgan fingerprint density at radius 3 is 2.77 bits per heavy atom. The number of aromatic amines is 1. The number of rotatable bonds is 14. The monoisotopic (exact) mass is 690 g/mol. The molecule has 0 radical (unpaired) electrons. The average Bonchev–Trinajstić information content (AvgIpc) is 3.80. The summed E-state index contributed by atoms with van der Waals surface area (Å²) in [6.45, 7) is 1.39. The van der Waals surface area contributed by atoms with Gasteiger partial charge in [0, 0.05) is 55.0 Å². The molecule has 6 rings (SSSR count). The number of hydrogen-bond donors (Lipinski definition) is 4. The molecule has 48 heavy (non-hydrogen) atoms. The first-order chi connectivity index (χ1) is 23.3. The third-order valence-electron chi connectivity index (χ3n) is 9.28. The van der Waals surface area contributed by atoms with E-state index in [0.29, 0.717) is 43.2 Å². The van der Waals surface area contributed by atoms with E-state index in [-0.39, 0.29) is 48.9 Å². The number of carbonyl (C=O) groups excluding carboxylic acids is 2. The van der Waals surface area contributed by atoms with Crippen LogP contribution >= 0.6 is 11.8 Å². The Balaban J connectivity index is 1.07. The summed E-state index contributed by atoms with van der Waals surface area (Å²) in [5, 5.41) is 18.9. The molecule has 0 saturated carbocycles. The van der Waals surface area contributed by atoms with Gasteiger partial charge >= 0.3 is 6.03 Å². The molecule has 1 aromatic heterocycles. The number of H-pyrrole nitrogens is 1. The number of thioether (sulfide) groups is 1. The minimum absolute atomic E-state index is 0.0793. The number of sulfonamides is 1. The van der Waals surface area contributed by atoms with E-state index in [0.717, 1.165) is 47.5 Å². The number of fused-ring (bicyclic) bond motifs is 2. The molecule has 4 atom stereocenters. The molecule has 254 valence electrons. The third-order valence-corrected chi connectivity index (χ3v) is 12.7.